The lowest BCUT2D eigenvalue weighted by atomic mass is 9.95. The molecule has 1 aromatic heterocycles. The van der Waals surface area contributed by atoms with E-state index in [0.29, 0.717) is 36.7 Å². The van der Waals surface area contributed by atoms with E-state index in [1.165, 1.54) is 0 Å². The molecule has 2 aromatic carbocycles. The van der Waals surface area contributed by atoms with E-state index < -0.39 is 0 Å². The quantitative estimate of drug-likeness (QED) is 0.594. The van der Waals surface area contributed by atoms with E-state index in [-0.39, 0.29) is 17.7 Å². The number of para-hydroxylation sites is 1. The van der Waals surface area contributed by atoms with Crippen LogP contribution in [0.5, 0.6) is 11.5 Å². The molecule has 2 heterocycles. The Kier molecular flexibility index (Phi) is 5.72. The number of benzene rings is 2. The highest BCUT2D eigenvalue weighted by molar-refractivity contribution is 6.00. The summed E-state index contributed by atoms with van der Waals surface area (Å²) in [5.41, 5.74) is 3.27. The lowest BCUT2D eigenvalue weighted by Gasteiger charge is -2.26. The Hall–Kier alpha value is -3.32. The Morgan fingerprint density at radius 3 is 2.77 bits per heavy atom. The first-order valence-corrected chi connectivity index (χ1v) is 10.0. The zero-order chi connectivity index (χ0) is 21.1. The fourth-order valence-corrected chi connectivity index (χ4v) is 3.84. The van der Waals surface area contributed by atoms with Gasteiger partial charge in [-0.25, -0.2) is 0 Å². The van der Waals surface area contributed by atoms with Gasteiger partial charge in [-0.1, -0.05) is 31.2 Å². The number of H-pyrrole nitrogens is 1. The molecule has 0 fully saturated rings. The summed E-state index contributed by atoms with van der Waals surface area (Å²) in [5.74, 6) is 0.740. The third-order valence-electron chi connectivity index (χ3n) is 5.21. The van der Waals surface area contributed by atoms with Crippen LogP contribution >= 0.6 is 0 Å². The minimum atomic E-state index is -0.360. The number of carbonyl (C=O) groups excluding carboxylic acids is 1. The molecule has 0 bridgehead atoms. The third-order valence-corrected chi connectivity index (χ3v) is 5.21. The number of rotatable bonds is 8. The molecule has 1 aliphatic rings. The second kappa shape index (κ2) is 8.59. The Morgan fingerprint density at radius 1 is 1.17 bits per heavy atom. The van der Waals surface area contributed by atoms with Gasteiger partial charge in [0.2, 0.25) is 0 Å². The smallest absolute Gasteiger partial charge is 0.273 e. The van der Waals surface area contributed by atoms with Crippen molar-refractivity contribution in [3.63, 3.8) is 0 Å². The predicted molar refractivity (Wildman–Crippen MR) is 113 cm³/mol. The Morgan fingerprint density at radius 2 is 2.00 bits per heavy atom. The minimum absolute atomic E-state index is 0.119. The van der Waals surface area contributed by atoms with Crippen molar-refractivity contribution in [2.24, 2.45) is 0 Å². The van der Waals surface area contributed by atoms with Gasteiger partial charge in [0.1, 0.15) is 22.9 Å². The fraction of sp³-hybridized carbons (Fsp3) is 0.304. The number of ether oxygens (including phenoxy) is 2. The van der Waals surface area contributed by atoms with Crippen molar-refractivity contribution in [3.8, 4) is 22.8 Å². The number of hydrogen-bond donors (Lipinski definition) is 2. The SMILES string of the molecule is CCCOc1cccc([C@H]2c3c(-c4ccccc4O)n[nH]c3C(=O)N2CCOC)c1. The minimum Gasteiger partial charge on any atom is -0.507 e. The van der Waals surface area contributed by atoms with Gasteiger partial charge in [-0.15, -0.1) is 0 Å². The zero-order valence-electron chi connectivity index (χ0n) is 17.1. The number of methoxy groups -OCH3 is 1. The summed E-state index contributed by atoms with van der Waals surface area (Å²) in [7, 11) is 1.61. The summed E-state index contributed by atoms with van der Waals surface area (Å²) < 4.78 is 11.0. The maximum absolute atomic E-state index is 13.2. The second-order valence-electron chi connectivity index (χ2n) is 7.19. The van der Waals surface area contributed by atoms with E-state index in [9.17, 15) is 9.90 Å². The van der Waals surface area contributed by atoms with Crippen molar-refractivity contribution in [2.45, 2.75) is 19.4 Å². The van der Waals surface area contributed by atoms with Gasteiger partial charge in [-0.2, -0.15) is 5.10 Å². The maximum Gasteiger partial charge on any atom is 0.273 e. The molecule has 0 aliphatic carbocycles. The van der Waals surface area contributed by atoms with Crippen molar-refractivity contribution in [1.29, 1.82) is 0 Å². The van der Waals surface area contributed by atoms with E-state index in [0.717, 1.165) is 23.3 Å². The average Bonchev–Trinajstić information content (AvgIpc) is 3.30. The van der Waals surface area contributed by atoms with Crippen molar-refractivity contribution >= 4 is 5.91 Å². The number of aromatic hydroxyl groups is 1. The molecule has 0 saturated heterocycles. The number of aromatic amines is 1. The van der Waals surface area contributed by atoms with E-state index >= 15 is 0 Å². The van der Waals surface area contributed by atoms with Crippen LogP contribution in [0.4, 0.5) is 0 Å². The number of carbonyl (C=O) groups is 1. The van der Waals surface area contributed by atoms with E-state index in [2.05, 4.69) is 17.1 Å². The van der Waals surface area contributed by atoms with Gasteiger partial charge >= 0.3 is 0 Å². The topological polar surface area (TPSA) is 87.7 Å². The van der Waals surface area contributed by atoms with Crippen molar-refractivity contribution in [3.05, 3.63) is 65.4 Å². The predicted octanol–water partition coefficient (Wildman–Crippen LogP) is 3.76. The lowest BCUT2D eigenvalue weighted by Crippen LogP contribution is -2.32. The van der Waals surface area contributed by atoms with Crippen LogP contribution in [0, 0.1) is 0 Å². The Labute approximate surface area is 175 Å². The molecule has 0 radical (unpaired) electrons. The summed E-state index contributed by atoms with van der Waals surface area (Å²) in [5, 5.41) is 17.7. The van der Waals surface area contributed by atoms with Crippen LogP contribution < -0.4 is 4.74 Å². The van der Waals surface area contributed by atoms with Crippen LogP contribution in [0.25, 0.3) is 11.3 Å². The number of hydrogen-bond acceptors (Lipinski definition) is 5. The monoisotopic (exact) mass is 407 g/mol. The molecule has 1 atom stereocenters. The summed E-state index contributed by atoms with van der Waals surface area (Å²) in [6, 6.07) is 14.4. The summed E-state index contributed by atoms with van der Waals surface area (Å²) in [6.07, 6.45) is 0.912. The van der Waals surface area contributed by atoms with E-state index in [4.69, 9.17) is 9.47 Å². The van der Waals surface area contributed by atoms with Crippen LogP contribution in [-0.4, -0.2) is 53.0 Å². The van der Waals surface area contributed by atoms with Gasteiger partial charge in [0.05, 0.1) is 19.3 Å². The zero-order valence-corrected chi connectivity index (χ0v) is 17.1. The number of nitrogens with zero attached hydrogens (tertiary/aromatic N) is 2. The van der Waals surface area contributed by atoms with Gasteiger partial charge in [-0.3, -0.25) is 9.89 Å². The molecule has 0 unspecified atom stereocenters. The molecule has 7 heteroatoms. The molecule has 0 saturated carbocycles. The average molecular weight is 407 g/mol. The first-order chi connectivity index (χ1) is 14.7. The molecular formula is C23H25N3O4. The largest absolute Gasteiger partial charge is 0.507 e. The number of aromatic nitrogens is 2. The van der Waals surface area contributed by atoms with Crippen LogP contribution in [0.2, 0.25) is 0 Å². The first kappa shape index (κ1) is 20.0. The molecule has 7 nitrogen and oxygen atoms in total. The maximum atomic E-state index is 13.2. The van der Waals surface area contributed by atoms with Gasteiger partial charge in [0.15, 0.2) is 0 Å². The highest BCUT2D eigenvalue weighted by atomic mass is 16.5. The molecule has 3 aromatic rings. The Balaban J connectivity index is 1.83. The van der Waals surface area contributed by atoms with Crippen LogP contribution in [0.1, 0.15) is 41.0 Å². The molecule has 0 spiro atoms. The van der Waals surface area contributed by atoms with Crippen molar-refractivity contribution in [2.75, 3.05) is 26.9 Å². The van der Waals surface area contributed by atoms with Crippen molar-refractivity contribution < 1.29 is 19.4 Å². The number of amides is 1. The molecule has 1 aliphatic heterocycles. The molecule has 2 N–H and O–H groups in total. The molecule has 156 valence electrons. The molecular weight excluding hydrogens is 382 g/mol. The normalized spacial score (nSPS) is 15.5. The first-order valence-electron chi connectivity index (χ1n) is 10.0. The highest BCUT2D eigenvalue weighted by Crippen LogP contribution is 2.44. The van der Waals surface area contributed by atoms with Gasteiger partial charge in [0, 0.05) is 24.8 Å². The lowest BCUT2D eigenvalue weighted by molar-refractivity contribution is 0.0677. The number of phenolic OH excluding ortho intramolecular Hbond substituents is 1. The van der Waals surface area contributed by atoms with Crippen LogP contribution in [0.15, 0.2) is 48.5 Å². The van der Waals surface area contributed by atoms with Crippen LogP contribution in [-0.2, 0) is 4.74 Å². The van der Waals surface area contributed by atoms with Crippen LogP contribution in [0.3, 0.4) is 0 Å². The van der Waals surface area contributed by atoms with Gasteiger partial charge in [-0.05, 0) is 36.2 Å². The molecule has 30 heavy (non-hydrogen) atoms. The highest BCUT2D eigenvalue weighted by Gasteiger charge is 2.42. The van der Waals surface area contributed by atoms with E-state index in [1.807, 2.05) is 30.3 Å². The van der Waals surface area contributed by atoms with E-state index in [1.54, 1.807) is 30.2 Å². The fourth-order valence-electron chi connectivity index (χ4n) is 3.84. The number of phenols is 1. The molecule has 4 rings (SSSR count). The number of fused-ring (bicyclic) bond motifs is 1. The van der Waals surface area contributed by atoms with Gasteiger partial charge in [0.25, 0.3) is 5.91 Å². The summed E-state index contributed by atoms with van der Waals surface area (Å²) in [6.45, 7) is 3.53. The third kappa shape index (κ3) is 3.52. The summed E-state index contributed by atoms with van der Waals surface area (Å²) in [4.78, 5) is 15.0. The second-order valence-corrected chi connectivity index (χ2v) is 7.19. The van der Waals surface area contributed by atoms with Crippen molar-refractivity contribution in [1.82, 2.24) is 15.1 Å². The van der Waals surface area contributed by atoms with Gasteiger partial charge < -0.3 is 19.5 Å². The molecule has 1 amide bonds. The Bertz CT molecular complexity index is 1050. The summed E-state index contributed by atoms with van der Waals surface area (Å²) >= 11 is 0. The number of nitrogens with one attached hydrogen (secondary N) is 1. The standard InChI is InChI=1S/C23H25N3O4/c1-3-12-30-16-8-6-7-15(14-16)22-19-20(17-9-4-5-10-18(17)27)24-25-21(19)23(28)26(22)11-13-29-2/h4-10,14,22,27H,3,11-13H2,1-2H3,(H,24,25)/t22-/m0/s1.